The van der Waals surface area contributed by atoms with E-state index < -0.39 is 0 Å². The number of benzene rings is 2. The molecule has 0 amide bonds. The number of ketones is 1. The van der Waals surface area contributed by atoms with Crippen LogP contribution >= 0.6 is 0 Å². The number of allylic oxidation sites excluding steroid dienone is 1. The van der Waals surface area contributed by atoms with Crippen LogP contribution in [0.3, 0.4) is 0 Å². The lowest BCUT2D eigenvalue weighted by atomic mass is 10.00. The third kappa shape index (κ3) is 5.48. The molecule has 0 N–H and O–H groups in total. The number of rotatable bonds is 10. The van der Waals surface area contributed by atoms with Crippen LogP contribution in [0.15, 0.2) is 55.1 Å². The molecule has 0 atom stereocenters. The molecule has 0 aliphatic rings. The fraction of sp³-hybridized carbons (Fsp3) is 0.261. The maximum Gasteiger partial charge on any atom is 0.185 e. The summed E-state index contributed by atoms with van der Waals surface area (Å²) in [5.41, 5.74) is 2.59. The summed E-state index contributed by atoms with van der Waals surface area (Å²) in [5.74, 6) is 2.10. The molecule has 142 valence electrons. The second kappa shape index (κ2) is 10.2. The summed E-state index contributed by atoms with van der Waals surface area (Å²) < 4.78 is 16.3. The third-order valence-corrected chi connectivity index (χ3v) is 4.09. The maximum atomic E-state index is 12.5. The van der Waals surface area contributed by atoms with Crippen LogP contribution in [0.25, 0.3) is 6.08 Å². The molecule has 0 saturated heterocycles. The van der Waals surface area contributed by atoms with E-state index in [9.17, 15) is 4.79 Å². The molecule has 0 bridgehead atoms. The summed E-state index contributed by atoms with van der Waals surface area (Å²) in [5, 5.41) is 0. The van der Waals surface area contributed by atoms with Crippen LogP contribution in [0, 0.1) is 0 Å². The van der Waals surface area contributed by atoms with Crippen LogP contribution in [-0.2, 0) is 6.42 Å². The van der Waals surface area contributed by atoms with Crippen molar-refractivity contribution in [3.8, 4) is 17.2 Å². The molecule has 2 rings (SSSR count). The van der Waals surface area contributed by atoms with Crippen LogP contribution in [0.5, 0.6) is 17.2 Å². The Morgan fingerprint density at radius 1 is 1.07 bits per heavy atom. The molecule has 0 fully saturated rings. The molecule has 4 nitrogen and oxygen atoms in total. The zero-order chi connectivity index (χ0) is 19.6. The minimum absolute atomic E-state index is 0.0745. The van der Waals surface area contributed by atoms with Crippen molar-refractivity contribution >= 4 is 11.9 Å². The van der Waals surface area contributed by atoms with Gasteiger partial charge < -0.3 is 14.2 Å². The Morgan fingerprint density at radius 2 is 1.81 bits per heavy atom. The Kier molecular flexibility index (Phi) is 7.68. The molecule has 0 saturated carbocycles. The minimum Gasteiger partial charge on any atom is -0.497 e. The quantitative estimate of drug-likeness (QED) is 0.333. The monoisotopic (exact) mass is 366 g/mol. The van der Waals surface area contributed by atoms with Gasteiger partial charge in [0.2, 0.25) is 0 Å². The van der Waals surface area contributed by atoms with Gasteiger partial charge in [-0.2, -0.15) is 0 Å². The lowest BCUT2D eigenvalue weighted by molar-refractivity contribution is 0.104. The van der Waals surface area contributed by atoms with Gasteiger partial charge in [-0.15, -0.1) is 0 Å². The van der Waals surface area contributed by atoms with Crippen LogP contribution in [0.1, 0.15) is 34.8 Å². The Hall–Kier alpha value is -3.01. The van der Waals surface area contributed by atoms with E-state index in [-0.39, 0.29) is 5.78 Å². The normalized spacial score (nSPS) is 10.6. The van der Waals surface area contributed by atoms with Crippen molar-refractivity contribution in [1.29, 1.82) is 0 Å². The molecule has 0 aromatic heterocycles. The van der Waals surface area contributed by atoms with Gasteiger partial charge in [0.05, 0.1) is 14.2 Å². The smallest absolute Gasteiger partial charge is 0.185 e. The van der Waals surface area contributed by atoms with Gasteiger partial charge in [0.25, 0.3) is 0 Å². The first-order chi connectivity index (χ1) is 13.1. The Bertz CT molecular complexity index is 804. The molecule has 0 radical (unpaired) electrons. The second-order valence-electron chi connectivity index (χ2n) is 5.97. The highest BCUT2D eigenvalue weighted by molar-refractivity contribution is 6.07. The minimum atomic E-state index is -0.0745. The van der Waals surface area contributed by atoms with Crippen molar-refractivity contribution < 1.29 is 19.0 Å². The molecular formula is C23H26O4. The maximum absolute atomic E-state index is 12.5. The number of methoxy groups -OCH3 is 2. The third-order valence-electron chi connectivity index (χ3n) is 4.09. The topological polar surface area (TPSA) is 44.8 Å². The molecular weight excluding hydrogens is 340 g/mol. The largest absolute Gasteiger partial charge is 0.497 e. The highest BCUT2D eigenvalue weighted by Gasteiger charge is 2.11. The number of hydrogen-bond donors (Lipinski definition) is 0. The van der Waals surface area contributed by atoms with Crippen LogP contribution in [0.2, 0.25) is 0 Å². The first kappa shape index (κ1) is 20.3. The Labute approximate surface area is 161 Å². The van der Waals surface area contributed by atoms with Crippen molar-refractivity contribution in [2.45, 2.75) is 19.8 Å². The average Bonchev–Trinajstić information content (AvgIpc) is 2.71. The summed E-state index contributed by atoms with van der Waals surface area (Å²) >= 11 is 0. The number of carbonyl (C=O) groups excluding carboxylic acids is 1. The average molecular weight is 366 g/mol. The van der Waals surface area contributed by atoms with Crippen LogP contribution < -0.4 is 14.2 Å². The zero-order valence-corrected chi connectivity index (χ0v) is 16.2. The van der Waals surface area contributed by atoms with Gasteiger partial charge in [0, 0.05) is 17.2 Å². The second-order valence-corrected chi connectivity index (χ2v) is 5.97. The molecule has 0 aliphatic heterocycles. The summed E-state index contributed by atoms with van der Waals surface area (Å²) in [6, 6.07) is 10.9. The van der Waals surface area contributed by atoms with E-state index in [4.69, 9.17) is 14.2 Å². The summed E-state index contributed by atoms with van der Waals surface area (Å²) in [6.07, 6.45) is 6.91. The molecule has 0 aliphatic carbocycles. The lowest BCUT2D eigenvalue weighted by Crippen LogP contribution is -1.99. The van der Waals surface area contributed by atoms with Crippen LogP contribution in [-0.4, -0.2) is 26.6 Å². The van der Waals surface area contributed by atoms with Crippen molar-refractivity contribution in [2.75, 3.05) is 20.8 Å². The highest BCUT2D eigenvalue weighted by Crippen LogP contribution is 2.31. The number of hydrogen-bond acceptors (Lipinski definition) is 4. The van der Waals surface area contributed by atoms with Gasteiger partial charge in [-0.05, 0) is 48.4 Å². The van der Waals surface area contributed by atoms with E-state index in [1.54, 1.807) is 50.6 Å². The number of ether oxygens (including phenoxy) is 3. The van der Waals surface area contributed by atoms with Crippen molar-refractivity contribution in [1.82, 2.24) is 0 Å². The van der Waals surface area contributed by atoms with Crippen LogP contribution in [0.4, 0.5) is 0 Å². The fourth-order valence-electron chi connectivity index (χ4n) is 2.74. The summed E-state index contributed by atoms with van der Waals surface area (Å²) in [4.78, 5) is 12.5. The van der Waals surface area contributed by atoms with Gasteiger partial charge in [-0.25, -0.2) is 0 Å². The summed E-state index contributed by atoms with van der Waals surface area (Å²) in [6.45, 7) is 6.16. The van der Waals surface area contributed by atoms with E-state index in [1.165, 1.54) is 0 Å². The predicted molar refractivity (Wildman–Crippen MR) is 109 cm³/mol. The van der Waals surface area contributed by atoms with Gasteiger partial charge in [0.15, 0.2) is 5.78 Å². The first-order valence-corrected chi connectivity index (χ1v) is 8.94. The van der Waals surface area contributed by atoms with Crippen molar-refractivity contribution in [3.63, 3.8) is 0 Å². The molecule has 4 heteroatoms. The molecule has 0 spiro atoms. The van der Waals surface area contributed by atoms with E-state index in [1.807, 2.05) is 18.2 Å². The molecule has 27 heavy (non-hydrogen) atoms. The Morgan fingerprint density at radius 3 is 2.41 bits per heavy atom. The van der Waals surface area contributed by atoms with E-state index in [2.05, 4.69) is 13.5 Å². The van der Waals surface area contributed by atoms with Crippen molar-refractivity contribution in [3.05, 3.63) is 71.8 Å². The Balaban J connectivity index is 2.25. The van der Waals surface area contributed by atoms with E-state index >= 15 is 0 Å². The molecule has 0 heterocycles. The highest BCUT2D eigenvalue weighted by atomic mass is 16.5. The first-order valence-electron chi connectivity index (χ1n) is 8.94. The molecule has 0 unspecified atom stereocenters. The van der Waals surface area contributed by atoms with Crippen molar-refractivity contribution in [2.24, 2.45) is 0 Å². The molecule has 2 aromatic carbocycles. The summed E-state index contributed by atoms with van der Waals surface area (Å²) in [7, 11) is 3.26. The number of carbonyl (C=O) groups is 1. The standard InChI is InChI=1S/C23H26O4/c1-5-7-21-18(15-20(25-3)16-23(21)26-4)10-13-22(24)17-8-11-19(12-9-17)27-14-6-2/h6,8-13,15-16H,2,5,7,14H2,1,3-4H3/b13-10+. The van der Waals surface area contributed by atoms with Gasteiger partial charge in [-0.3, -0.25) is 4.79 Å². The van der Waals surface area contributed by atoms with E-state index in [0.717, 1.165) is 29.7 Å². The fourth-order valence-corrected chi connectivity index (χ4v) is 2.74. The predicted octanol–water partition coefficient (Wildman–Crippen LogP) is 5.12. The van der Waals surface area contributed by atoms with Gasteiger partial charge >= 0.3 is 0 Å². The van der Waals surface area contributed by atoms with Gasteiger partial charge in [-0.1, -0.05) is 32.1 Å². The van der Waals surface area contributed by atoms with E-state index in [0.29, 0.717) is 23.7 Å². The zero-order valence-electron chi connectivity index (χ0n) is 16.2. The lowest BCUT2D eigenvalue weighted by Gasteiger charge is -2.13. The van der Waals surface area contributed by atoms with Gasteiger partial charge in [0.1, 0.15) is 23.9 Å². The molecule has 2 aromatic rings. The SMILES string of the molecule is C=CCOc1ccc(C(=O)/C=C/c2cc(OC)cc(OC)c2CCC)cc1.